The smallest absolute Gasteiger partial charge is 0.226 e. The number of thioether (sulfide) groups is 1. The number of likely N-dealkylation sites (N-methyl/N-ethyl adjacent to an activating group) is 1. The van der Waals surface area contributed by atoms with Gasteiger partial charge in [0.15, 0.2) is 0 Å². The third kappa shape index (κ3) is 5.59. The predicted molar refractivity (Wildman–Crippen MR) is 134 cm³/mol. The molecule has 6 heteroatoms. The quantitative estimate of drug-likeness (QED) is 0.506. The minimum absolute atomic E-state index is 0.133. The van der Waals surface area contributed by atoms with Gasteiger partial charge in [-0.25, -0.2) is 0 Å². The molecule has 5 nitrogen and oxygen atoms in total. The van der Waals surface area contributed by atoms with E-state index in [0.29, 0.717) is 30.1 Å². The van der Waals surface area contributed by atoms with Crippen molar-refractivity contribution < 1.29 is 14.3 Å². The number of rotatable bonds is 9. The highest BCUT2D eigenvalue weighted by Gasteiger charge is 2.42. The van der Waals surface area contributed by atoms with Crippen LogP contribution in [0.3, 0.4) is 0 Å². The van der Waals surface area contributed by atoms with E-state index in [1.54, 1.807) is 18.9 Å². The Morgan fingerprint density at radius 2 is 2.00 bits per heavy atom. The molecule has 0 N–H and O–H groups in total. The summed E-state index contributed by atoms with van der Waals surface area (Å²) in [7, 11) is 3.65. The number of benzene rings is 1. The first-order valence-corrected chi connectivity index (χ1v) is 13.7. The van der Waals surface area contributed by atoms with Gasteiger partial charge in [0.05, 0.1) is 7.11 Å². The molecule has 0 spiro atoms. The van der Waals surface area contributed by atoms with Crippen molar-refractivity contribution >= 4 is 23.6 Å². The normalized spacial score (nSPS) is 25.3. The van der Waals surface area contributed by atoms with Crippen LogP contribution in [0.25, 0.3) is 0 Å². The van der Waals surface area contributed by atoms with E-state index < -0.39 is 0 Å². The number of nitrogens with zero attached hydrogens (tertiary/aromatic N) is 2. The Balaban J connectivity index is 1.42. The van der Waals surface area contributed by atoms with Crippen molar-refractivity contribution in [3.05, 3.63) is 42.0 Å². The second kappa shape index (κ2) is 11.0. The molecule has 1 saturated heterocycles. The molecule has 4 rings (SSSR count). The number of ether oxygens (including phenoxy) is 1. The molecular weight excluding hydrogens is 432 g/mol. The maximum atomic E-state index is 13.2. The standard InChI is InChI=1S/C27H38N2O3S/c1-28(26(30)11-14-33-3)25(18-19-5-4-6-23(16-19)32-2)21-9-12-29(13-10-21)27(31)24-17-20-7-8-22(24)15-20/h4-8,16,20-22,24-25H,9-15,17-18H2,1-3H3/t20-,22+,24+,25-/m1/s1. The van der Waals surface area contributed by atoms with Gasteiger partial charge >= 0.3 is 0 Å². The molecule has 33 heavy (non-hydrogen) atoms. The van der Waals surface area contributed by atoms with Crippen LogP contribution >= 0.6 is 11.8 Å². The molecule has 0 unspecified atom stereocenters. The van der Waals surface area contributed by atoms with Gasteiger partial charge in [-0.3, -0.25) is 9.59 Å². The summed E-state index contributed by atoms with van der Waals surface area (Å²) in [6.45, 7) is 1.62. The molecule has 3 aliphatic rings. The summed E-state index contributed by atoms with van der Waals surface area (Å²) in [6.07, 6.45) is 12.1. The molecular formula is C27H38N2O3S. The lowest BCUT2D eigenvalue weighted by molar-refractivity contribution is -0.139. The average Bonchev–Trinajstić information content (AvgIpc) is 3.49. The zero-order chi connectivity index (χ0) is 23.4. The molecule has 180 valence electrons. The lowest BCUT2D eigenvalue weighted by atomic mass is 9.84. The second-order valence-electron chi connectivity index (χ2n) is 9.92. The van der Waals surface area contributed by atoms with Gasteiger partial charge in [0.1, 0.15) is 5.75 Å². The molecule has 2 bridgehead atoms. The SMILES string of the molecule is COc1cccc(C[C@H](C2CCN(C(=O)[C@H]3C[C@@H]4C=C[C@H]3C4)CC2)N(C)C(=O)CCSC)c1. The van der Waals surface area contributed by atoms with Crippen molar-refractivity contribution in [1.82, 2.24) is 9.80 Å². The first kappa shape index (κ1) is 24.2. The number of piperidine rings is 1. The lowest BCUT2D eigenvalue weighted by Gasteiger charge is -2.41. The van der Waals surface area contributed by atoms with Crippen LogP contribution in [-0.2, 0) is 16.0 Å². The molecule has 0 radical (unpaired) electrons. The summed E-state index contributed by atoms with van der Waals surface area (Å²) in [5.41, 5.74) is 1.19. The maximum absolute atomic E-state index is 13.2. The third-order valence-corrected chi connectivity index (χ3v) is 8.59. The van der Waals surface area contributed by atoms with E-state index in [4.69, 9.17) is 4.74 Å². The van der Waals surface area contributed by atoms with Crippen LogP contribution in [0.1, 0.15) is 37.7 Å². The molecule has 1 aliphatic heterocycles. The summed E-state index contributed by atoms with van der Waals surface area (Å²) in [6, 6.07) is 8.31. The highest BCUT2D eigenvalue weighted by molar-refractivity contribution is 7.98. The fourth-order valence-corrected chi connectivity index (χ4v) is 6.39. The van der Waals surface area contributed by atoms with Gasteiger partial charge in [0, 0.05) is 44.3 Å². The van der Waals surface area contributed by atoms with Gasteiger partial charge in [0.25, 0.3) is 0 Å². The molecule has 2 fully saturated rings. The van der Waals surface area contributed by atoms with E-state index in [9.17, 15) is 9.59 Å². The summed E-state index contributed by atoms with van der Waals surface area (Å²) in [5, 5.41) is 0. The van der Waals surface area contributed by atoms with Gasteiger partial charge in [-0.15, -0.1) is 0 Å². The summed E-state index contributed by atoms with van der Waals surface area (Å²) < 4.78 is 5.42. The largest absolute Gasteiger partial charge is 0.497 e. The van der Waals surface area contributed by atoms with Crippen molar-refractivity contribution in [3.8, 4) is 5.75 Å². The molecule has 1 saturated carbocycles. The van der Waals surface area contributed by atoms with Crippen molar-refractivity contribution in [2.45, 2.75) is 44.6 Å². The van der Waals surface area contributed by atoms with Crippen LogP contribution in [0.2, 0.25) is 0 Å². The number of amides is 2. The zero-order valence-electron chi connectivity index (χ0n) is 20.2. The Kier molecular flexibility index (Phi) is 8.05. The van der Waals surface area contributed by atoms with E-state index >= 15 is 0 Å². The Hall–Kier alpha value is -1.95. The van der Waals surface area contributed by atoms with Gasteiger partial charge in [-0.1, -0.05) is 24.3 Å². The third-order valence-electron chi connectivity index (χ3n) is 7.98. The van der Waals surface area contributed by atoms with Crippen molar-refractivity contribution in [3.63, 3.8) is 0 Å². The first-order chi connectivity index (χ1) is 16.0. The molecule has 1 aromatic rings. The Labute approximate surface area is 202 Å². The van der Waals surface area contributed by atoms with Gasteiger partial charge in [-0.05, 0) is 73.8 Å². The van der Waals surface area contributed by atoms with Crippen LogP contribution in [0, 0.1) is 23.7 Å². The highest BCUT2D eigenvalue weighted by atomic mass is 32.2. The van der Waals surface area contributed by atoms with Gasteiger partial charge in [-0.2, -0.15) is 11.8 Å². The van der Waals surface area contributed by atoms with E-state index in [2.05, 4.69) is 29.2 Å². The maximum Gasteiger partial charge on any atom is 0.226 e. The fourth-order valence-electron chi connectivity index (χ4n) is 6.02. The monoisotopic (exact) mass is 470 g/mol. The zero-order valence-corrected chi connectivity index (χ0v) is 21.1. The van der Waals surface area contributed by atoms with Crippen LogP contribution in [0.5, 0.6) is 5.75 Å². The minimum Gasteiger partial charge on any atom is -0.497 e. The first-order valence-electron chi connectivity index (χ1n) is 12.3. The van der Waals surface area contributed by atoms with Crippen molar-refractivity contribution in [2.24, 2.45) is 23.7 Å². The number of carbonyl (C=O) groups is 2. The van der Waals surface area contributed by atoms with Crippen LogP contribution in [0.15, 0.2) is 36.4 Å². The van der Waals surface area contributed by atoms with Gasteiger partial charge in [0.2, 0.25) is 11.8 Å². The predicted octanol–water partition coefficient (Wildman–Crippen LogP) is 4.27. The molecule has 1 aromatic carbocycles. The van der Waals surface area contributed by atoms with Crippen LogP contribution < -0.4 is 4.74 Å². The minimum atomic E-state index is 0.133. The number of carbonyl (C=O) groups excluding carboxylic acids is 2. The second-order valence-corrected chi connectivity index (χ2v) is 10.9. The topological polar surface area (TPSA) is 49.9 Å². The summed E-state index contributed by atoms with van der Waals surface area (Å²) in [5.74, 6) is 3.94. The molecule has 0 aromatic heterocycles. The number of hydrogen-bond acceptors (Lipinski definition) is 4. The molecule has 1 heterocycles. The fraction of sp³-hybridized carbons (Fsp3) is 0.630. The van der Waals surface area contributed by atoms with Gasteiger partial charge < -0.3 is 14.5 Å². The van der Waals surface area contributed by atoms with E-state index in [0.717, 1.165) is 50.3 Å². The number of hydrogen-bond donors (Lipinski definition) is 0. The van der Waals surface area contributed by atoms with E-state index in [1.165, 1.54) is 12.0 Å². The Morgan fingerprint density at radius 3 is 2.64 bits per heavy atom. The van der Waals surface area contributed by atoms with Crippen molar-refractivity contribution in [1.29, 1.82) is 0 Å². The van der Waals surface area contributed by atoms with E-state index in [1.807, 2.05) is 30.3 Å². The Morgan fingerprint density at radius 1 is 1.21 bits per heavy atom. The molecule has 2 aliphatic carbocycles. The number of fused-ring (bicyclic) bond motifs is 2. The molecule has 4 atom stereocenters. The average molecular weight is 471 g/mol. The van der Waals surface area contributed by atoms with E-state index in [-0.39, 0.29) is 17.9 Å². The van der Waals surface area contributed by atoms with Crippen LogP contribution in [-0.4, -0.2) is 66.9 Å². The number of likely N-dealkylation sites (tertiary alicyclic amines) is 1. The highest BCUT2D eigenvalue weighted by Crippen LogP contribution is 2.44. The number of methoxy groups -OCH3 is 1. The summed E-state index contributed by atoms with van der Waals surface area (Å²) >= 11 is 1.71. The number of allylic oxidation sites excluding steroid dienone is 2. The van der Waals surface area contributed by atoms with Crippen LogP contribution in [0.4, 0.5) is 0 Å². The Bertz CT molecular complexity index is 865. The summed E-state index contributed by atoms with van der Waals surface area (Å²) in [4.78, 5) is 30.2. The van der Waals surface area contributed by atoms with Crippen molar-refractivity contribution in [2.75, 3.05) is 39.3 Å². The molecule has 2 amide bonds. The lowest BCUT2D eigenvalue weighted by Crippen LogP contribution is -2.49.